The smallest absolute Gasteiger partial charge is 0.412 e. The second kappa shape index (κ2) is 9.28. The normalized spacial score (nSPS) is 14.7. The summed E-state index contributed by atoms with van der Waals surface area (Å²) in [5.41, 5.74) is 1.59. The van der Waals surface area contributed by atoms with Crippen LogP contribution < -0.4 is 5.32 Å². The van der Waals surface area contributed by atoms with Crippen molar-refractivity contribution >= 4 is 73.0 Å². The average Bonchev–Trinajstić information content (AvgIpc) is 3.25. The van der Waals surface area contributed by atoms with Crippen LogP contribution in [0, 0.1) is 18.8 Å². The molecule has 0 radical (unpaired) electrons. The summed E-state index contributed by atoms with van der Waals surface area (Å²) in [6, 6.07) is 11.7. The van der Waals surface area contributed by atoms with Gasteiger partial charge in [0.15, 0.2) is 5.15 Å². The molecule has 0 spiro atoms. The van der Waals surface area contributed by atoms with Gasteiger partial charge < -0.3 is 9.84 Å². The van der Waals surface area contributed by atoms with Crippen LogP contribution in [0.25, 0.3) is 9.40 Å². The number of hydrogen-bond donors (Lipinski definition) is 2. The number of benzene rings is 1. The van der Waals surface area contributed by atoms with Crippen molar-refractivity contribution in [2.45, 2.75) is 38.2 Å². The topological polar surface area (TPSA) is 88.5 Å². The van der Waals surface area contributed by atoms with Crippen LogP contribution in [0.2, 0.25) is 5.15 Å². The minimum absolute atomic E-state index is 0.153. The van der Waals surface area contributed by atoms with Crippen molar-refractivity contribution in [3.8, 4) is 11.8 Å². The van der Waals surface area contributed by atoms with Crippen molar-refractivity contribution in [1.29, 1.82) is 0 Å². The number of rotatable bonds is 5. The molecule has 10 heteroatoms. The maximum absolute atomic E-state index is 12.5. The standard InChI is InChI=1S/C25H19ClN2O4S3/c1-13-5-3-4-6-16(13)14(2)32-24(31)27-21-17(35-28-22(21)26)8-7-15-11-18-19(33-15)12-20(34-18)25(9-10-25)23(29)30/h3-6,11-12,14H,9-10H2,1-2H3,(H,27,31)(H,29,30). The molecule has 1 aliphatic carbocycles. The van der Waals surface area contributed by atoms with E-state index in [2.05, 4.69) is 21.5 Å². The van der Waals surface area contributed by atoms with Crippen molar-refractivity contribution in [1.82, 2.24) is 4.37 Å². The van der Waals surface area contributed by atoms with E-state index in [-0.39, 0.29) is 5.15 Å². The van der Waals surface area contributed by atoms with Crippen LogP contribution in [0.5, 0.6) is 0 Å². The lowest BCUT2D eigenvalue weighted by molar-refractivity contribution is -0.139. The second-order valence-corrected chi connectivity index (χ2v) is 11.6. The number of nitrogens with zero attached hydrogens (tertiary/aromatic N) is 1. The molecule has 0 saturated heterocycles. The number of aliphatic carboxylic acids is 1. The number of nitrogens with one attached hydrogen (secondary N) is 1. The Labute approximate surface area is 218 Å². The lowest BCUT2D eigenvalue weighted by atomic mass is 10.1. The maximum Gasteiger partial charge on any atom is 0.412 e. The molecule has 1 atom stereocenters. The van der Waals surface area contributed by atoms with E-state index < -0.39 is 23.6 Å². The highest BCUT2D eigenvalue weighted by atomic mass is 35.5. The first-order chi connectivity index (χ1) is 16.8. The number of carboxylic acid groups (broad SMARTS) is 1. The van der Waals surface area contributed by atoms with Crippen molar-refractivity contribution in [2.75, 3.05) is 5.32 Å². The Morgan fingerprint density at radius 3 is 2.63 bits per heavy atom. The van der Waals surface area contributed by atoms with Gasteiger partial charge in [0.2, 0.25) is 0 Å². The molecule has 1 saturated carbocycles. The van der Waals surface area contributed by atoms with Crippen LogP contribution in [0.3, 0.4) is 0 Å². The zero-order valence-electron chi connectivity index (χ0n) is 18.7. The molecule has 1 fully saturated rings. The first-order valence-corrected chi connectivity index (χ1v) is 13.5. The molecule has 0 bridgehead atoms. The van der Waals surface area contributed by atoms with Gasteiger partial charge in [-0.3, -0.25) is 10.1 Å². The van der Waals surface area contributed by atoms with E-state index in [0.29, 0.717) is 23.4 Å². The summed E-state index contributed by atoms with van der Waals surface area (Å²) in [5, 5.41) is 12.4. The van der Waals surface area contributed by atoms with Gasteiger partial charge in [-0.05, 0) is 73.3 Å². The maximum atomic E-state index is 12.5. The molecule has 6 nitrogen and oxygen atoms in total. The quantitative estimate of drug-likeness (QED) is 0.260. The fraction of sp³-hybridized carbons (Fsp3) is 0.240. The number of aryl methyl sites for hydroxylation is 1. The number of carbonyl (C=O) groups is 2. The average molecular weight is 543 g/mol. The number of carbonyl (C=O) groups excluding carboxylic acids is 1. The molecule has 3 heterocycles. The number of hydrogen-bond acceptors (Lipinski definition) is 7. The highest BCUT2D eigenvalue weighted by Crippen LogP contribution is 2.52. The fourth-order valence-corrected chi connectivity index (χ4v) is 7.19. The van der Waals surface area contributed by atoms with Crippen molar-refractivity contribution in [2.24, 2.45) is 0 Å². The third kappa shape index (κ3) is 4.67. The van der Waals surface area contributed by atoms with Crippen LogP contribution in [0.1, 0.15) is 51.6 Å². The lowest BCUT2D eigenvalue weighted by Gasteiger charge is -2.16. The summed E-state index contributed by atoms with van der Waals surface area (Å²) in [5.74, 6) is 5.41. The Morgan fingerprint density at radius 2 is 1.94 bits per heavy atom. The number of halogens is 1. The minimum Gasteiger partial charge on any atom is -0.481 e. The number of ether oxygens (including phenoxy) is 1. The molecule has 5 rings (SSSR count). The summed E-state index contributed by atoms with van der Waals surface area (Å²) in [6.07, 6.45) is 0.312. The van der Waals surface area contributed by atoms with Gasteiger partial charge in [0.25, 0.3) is 0 Å². The van der Waals surface area contributed by atoms with Crippen molar-refractivity contribution in [3.05, 3.63) is 67.3 Å². The lowest BCUT2D eigenvalue weighted by Crippen LogP contribution is -2.17. The summed E-state index contributed by atoms with van der Waals surface area (Å²) < 4.78 is 11.7. The Hall–Kier alpha value is -2.90. The van der Waals surface area contributed by atoms with Crippen LogP contribution in [0.4, 0.5) is 10.5 Å². The Balaban J connectivity index is 1.30. The van der Waals surface area contributed by atoms with E-state index in [1.54, 1.807) is 0 Å². The van der Waals surface area contributed by atoms with Gasteiger partial charge >= 0.3 is 12.1 Å². The minimum atomic E-state index is -0.750. The first kappa shape index (κ1) is 23.8. The number of anilines is 1. The van der Waals surface area contributed by atoms with E-state index in [1.165, 1.54) is 22.7 Å². The van der Waals surface area contributed by atoms with Gasteiger partial charge in [0, 0.05) is 14.3 Å². The van der Waals surface area contributed by atoms with Crippen LogP contribution in [-0.2, 0) is 14.9 Å². The zero-order chi connectivity index (χ0) is 24.7. The van der Waals surface area contributed by atoms with Gasteiger partial charge in [0.1, 0.15) is 22.1 Å². The predicted molar refractivity (Wildman–Crippen MR) is 141 cm³/mol. The van der Waals surface area contributed by atoms with Gasteiger partial charge in [0.05, 0.1) is 4.88 Å². The second-order valence-electron chi connectivity index (χ2n) is 8.29. The monoisotopic (exact) mass is 542 g/mol. The highest BCUT2D eigenvalue weighted by molar-refractivity contribution is 7.28. The Bertz CT molecular complexity index is 1490. The van der Waals surface area contributed by atoms with Crippen LogP contribution >= 0.6 is 45.8 Å². The SMILES string of the molecule is Cc1ccccc1C(C)OC(=O)Nc1c(Cl)nsc1C#Cc1cc2sc(C3(C(=O)O)CC3)cc2s1. The van der Waals surface area contributed by atoms with Crippen molar-refractivity contribution < 1.29 is 19.4 Å². The molecule has 4 aromatic rings. The van der Waals surface area contributed by atoms with Crippen LogP contribution in [-0.4, -0.2) is 21.5 Å². The zero-order valence-corrected chi connectivity index (χ0v) is 21.9. The van der Waals surface area contributed by atoms with Gasteiger partial charge in [-0.25, -0.2) is 4.79 Å². The molecule has 1 amide bonds. The summed E-state index contributed by atoms with van der Waals surface area (Å²) in [4.78, 5) is 26.4. The fourth-order valence-electron chi connectivity index (χ4n) is 3.81. The molecule has 1 aromatic carbocycles. The molecular weight excluding hydrogens is 524 g/mol. The first-order valence-electron chi connectivity index (χ1n) is 10.7. The van der Waals surface area contributed by atoms with Gasteiger partial charge in [-0.15, -0.1) is 22.7 Å². The number of amides is 1. The van der Waals surface area contributed by atoms with E-state index >= 15 is 0 Å². The van der Waals surface area contributed by atoms with E-state index in [1.807, 2.05) is 50.2 Å². The molecule has 1 unspecified atom stereocenters. The van der Waals surface area contributed by atoms with E-state index in [4.69, 9.17) is 16.3 Å². The molecule has 0 aliphatic heterocycles. The Morgan fingerprint density at radius 1 is 1.20 bits per heavy atom. The molecule has 2 N–H and O–H groups in total. The number of aromatic nitrogens is 1. The number of thiophene rings is 2. The largest absolute Gasteiger partial charge is 0.481 e. The summed E-state index contributed by atoms with van der Waals surface area (Å²) in [6.45, 7) is 3.78. The van der Waals surface area contributed by atoms with Gasteiger partial charge in [-0.2, -0.15) is 4.37 Å². The summed E-state index contributed by atoms with van der Waals surface area (Å²) >= 11 is 10.3. The Kier molecular flexibility index (Phi) is 6.32. The van der Waals surface area contributed by atoms with Crippen LogP contribution in [0.15, 0.2) is 36.4 Å². The van der Waals surface area contributed by atoms with Gasteiger partial charge in [-0.1, -0.05) is 35.9 Å². The number of fused-ring (bicyclic) bond motifs is 1. The molecule has 3 aromatic heterocycles. The highest BCUT2D eigenvalue weighted by Gasteiger charge is 2.53. The number of carboxylic acids is 1. The predicted octanol–water partition coefficient (Wildman–Crippen LogP) is 7.21. The summed E-state index contributed by atoms with van der Waals surface area (Å²) in [7, 11) is 0. The third-order valence-electron chi connectivity index (χ3n) is 5.93. The molecule has 35 heavy (non-hydrogen) atoms. The molecule has 1 aliphatic rings. The molecular formula is C25H19ClN2O4S3. The molecule has 178 valence electrons. The van der Waals surface area contributed by atoms with E-state index in [9.17, 15) is 14.7 Å². The third-order valence-corrected chi connectivity index (χ3v) is 9.47. The van der Waals surface area contributed by atoms with Crippen molar-refractivity contribution in [3.63, 3.8) is 0 Å². The van der Waals surface area contributed by atoms with E-state index in [0.717, 1.165) is 41.8 Å².